The van der Waals surface area contributed by atoms with Crippen LogP contribution in [0.1, 0.15) is 41.4 Å². The number of hydrogen-bond donors (Lipinski definition) is 1. The Balaban J connectivity index is 1.35. The Morgan fingerprint density at radius 2 is 1.79 bits per heavy atom. The van der Waals surface area contributed by atoms with Crippen LogP contribution < -0.4 is 5.32 Å². The van der Waals surface area contributed by atoms with Crippen LogP contribution in [0.4, 0.5) is 0 Å². The summed E-state index contributed by atoms with van der Waals surface area (Å²) in [5, 5.41) is 13.0. The summed E-state index contributed by atoms with van der Waals surface area (Å²) in [4.78, 5) is 21.2. The molecule has 0 unspecified atom stereocenters. The van der Waals surface area contributed by atoms with E-state index in [9.17, 15) is 4.79 Å². The number of nitrogens with zero attached hydrogens (tertiary/aromatic N) is 5. The predicted molar refractivity (Wildman–Crippen MR) is 124 cm³/mol. The molecule has 8 heteroatoms. The van der Waals surface area contributed by atoms with E-state index in [1.54, 1.807) is 6.20 Å². The van der Waals surface area contributed by atoms with E-state index in [0.717, 1.165) is 30.8 Å². The van der Waals surface area contributed by atoms with Crippen molar-refractivity contribution in [1.29, 1.82) is 0 Å². The lowest BCUT2D eigenvalue weighted by Gasteiger charge is -2.39. The molecule has 4 aromatic rings. The standard InChI is InChI=1S/C25H21ClN6O/c26-19-8-4-5-9-21(19)32-22(30-31-23(32)20-10-11-27-15-28-20)18-14-25(12-17(18)13-25)29-24(33)16-6-2-1-3-7-16/h1-11,15,17-18H,12-14H2,(H,29,33)/t17?,18-,25?/m0/s1. The first-order chi connectivity index (χ1) is 16.1. The quantitative estimate of drug-likeness (QED) is 0.479. The summed E-state index contributed by atoms with van der Waals surface area (Å²) in [5.41, 5.74) is 1.98. The normalized spacial score (nSPS) is 23.2. The Bertz CT molecular complexity index is 1320. The van der Waals surface area contributed by atoms with E-state index >= 15 is 0 Å². The van der Waals surface area contributed by atoms with Crippen LogP contribution >= 0.6 is 11.6 Å². The predicted octanol–water partition coefficient (Wildman–Crippen LogP) is 4.44. The lowest BCUT2D eigenvalue weighted by Crippen LogP contribution is -2.51. The first-order valence-corrected chi connectivity index (χ1v) is 11.4. The number of amides is 1. The van der Waals surface area contributed by atoms with Gasteiger partial charge in [0.2, 0.25) is 0 Å². The van der Waals surface area contributed by atoms with Gasteiger partial charge in [0.25, 0.3) is 5.91 Å². The zero-order chi connectivity index (χ0) is 22.4. The van der Waals surface area contributed by atoms with Crippen LogP contribution in [0, 0.1) is 5.92 Å². The molecule has 0 saturated heterocycles. The zero-order valence-electron chi connectivity index (χ0n) is 17.7. The van der Waals surface area contributed by atoms with Gasteiger partial charge in [0.05, 0.1) is 10.7 Å². The van der Waals surface area contributed by atoms with Gasteiger partial charge >= 0.3 is 0 Å². The SMILES string of the molecule is O=C(NC12CC(C1)[C@@H](c1nnc(-c3ccncn3)n1-c1ccccc1Cl)C2)c1ccccc1. The summed E-state index contributed by atoms with van der Waals surface area (Å²) in [5.74, 6) is 2.07. The van der Waals surface area contributed by atoms with Gasteiger partial charge in [0.15, 0.2) is 5.82 Å². The molecule has 0 aliphatic heterocycles. The fraction of sp³-hybridized carbons (Fsp3) is 0.240. The number of rotatable bonds is 5. The average Bonchev–Trinajstić information content (AvgIpc) is 3.51. The van der Waals surface area contributed by atoms with E-state index in [1.165, 1.54) is 6.33 Å². The molecule has 2 aromatic carbocycles. The minimum absolute atomic E-state index is 0.0241. The van der Waals surface area contributed by atoms with Gasteiger partial charge in [-0.15, -0.1) is 10.2 Å². The zero-order valence-corrected chi connectivity index (χ0v) is 18.5. The van der Waals surface area contributed by atoms with E-state index in [1.807, 2.05) is 65.2 Å². The first kappa shape index (κ1) is 20.1. The molecule has 0 radical (unpaired) electrons. The van der Waals surface area contributed by atoms with Crippen LogP contribution in [0.25, 0.3) is 17.2 Å². The second kappa shape index (κ2) is 7.78. The molecule has 3 aliphatic carbocycles. The van der Waals surface area contributed by atoms with Crippen molar-refractivity contribution >= 4 is 17.5 Å². The Morgan fingerprint density at radius 3 is 2.55 bits per heavy atom. The van der Waals surface area contributed by atoms with Crippen LogP contribution in [-0.2, 0) is 0 Å². The van der Waals surface area contributed by atoms with E-state index in [-0.39, 0.29) is 17.4 Å². The summed E-state index contributed by atoms with van der Waals surface area (Å²) in [6, 6.07) is 18.9. The topological polar surface area (TPSA) is 85.6 Å². The summed E-state index contributed by atoms with van der Waals surface area (Å²) < 4.78 is 2.02. The van der Waals surface area contributed by atoms with Crippen molar-refractivity contribution in [2.24, 2.45) is 5.92 Å². The number of para-hydroxylation sites is 1. The lowest BCUT2D eigenvalue weighted by molar-refractivity contribution is 0.0839. The summed E-state index contributed by atoms with van der Waals surface area (Å²) in [6.07, 6.45) is 5.89. The molecule has 3 fully saturated rings. The minimum Gasteiger partial charge on any atom is -0.347 e. The second-order valence-corrected chi connectivity index (χ2v) is 9.25. The van der Waals surface area contributed by atoms with Crippen LogP contribution in [0.5, 0.6) is 0 Å². The third kappa shape index (κ3) is 3.40. The molecular weight excluding hydrogens is 436 g/mol. The number of halogens is 1. The van der Waals surface area contributed by atoms with Gasteiger partial charge in [-0.3, -0.25) is 9.36 Å². The van der Waals surface area contributed by atoms with Crippen LogP contribution in [0.2, 0.25) is 5.02 Å². The molecule has 2 aromatic heterocycles. The molecule has 3 aliphatic rings. The van der Waals surface area contributed by atoms with Gasteiger partial charge in [0, 0.05) is 23.2 Å². The second-order valence-electron chi connectivity index (χ2n) is 8.84. The highest BCUT2D eigenvalue weighted by Crippen LogP contribution is 2.59. The highest BCUT2D eigenvalue weighted by molar-refractivity contribution is 6.32. The Labute approximate surface area is 195 Å². The Kier molecular flexibility index (Phi) is 4.73. The molecule has 2 heterocycles. The third-order valence-corrected chi connectivity index (χ3v) is 7.14. The maximum atomic E-state index is 12.8. The third-order valence-electron chi connectivity index (χ3n) is 6.82. The molecule has 1 atom stereocenters. The van der Waals surface area contributed by atoms with Crippen molar-refractivity contribution in [2.75, 3.05) is 0 Å². The van der Waals surface area contributed by atoms with E-state index in [2.05, 4.69) is 25.5 Å². The van der Waals surface area contributed by atoms with Crippen LogP contribution in [-0.4, -0.2) is 36.2 Å². The van der Waals surface area contributed by atoms with Crippen molar-refractivity contribution in [3.05, 3.63) is 89.6 Å². The van der Waals surface area contributed by atoms with Crippen LogP contribution in [0.15, 0.2) is 73.2 Å². The van der Waals surface area contributed by atoms with Crippen molar-refractivity contribution in [1.82, 2.24) is 30.0 Å². The molecule has 33 heavy (non-hydrogen) atoms. The molecule has 1 amide bonds. The van der Waals surface area contributed by atoms with Crippen LogP contribution in [0.3, 0.4) is 0 Å². The van der Waals surface area contributed by atoms with E-state index in [0.29, 0.717) is 28.0 Å². The molecule has 3 saturated carbocycles. The molecule has 1 N–H and O–H groups in total. The maximum absolute atomic E-state index is 12.8. The van der Waals surface area contributed by atoms with E-state index in [4.69, 9.17) is 11.6 Å². The molecular formula is C25H21ClN6O. The molecule has 0 spiro atoms. The minimum atomic E-state index is -0.200. The van der Waals surface area contributed by atoms with Crippen molar-refractivity contribution in [3.63, 3.8) is 0 Å². The fourth-order valence-electron chi connectivity index (χ4n) is 5.34. The van der Waals surface area contributed by atoms with E-state index < -0.39 is 0 Å². The Morgan fingerprint density at radius 1 is 1.00 bits per heavy atom. The number of carbonyl (C=O) groups excluding carboxylic acids is 1. The summed E-state index contributed by atoms with van der Waals surface area (Å²) in [6.45, 7) is 0. The smallest absolute Gasteiger partial charge is 0.251 e. The van der Waals surface area contributed by atoms with Gasteiger partial charge in [-0.25, -0.2) is 9.97 Å². The molecule has 7 rings (SSSR count). The van der Waals surface area contributed by atoms with Crippen molar-refractivity contribution in [3.8, 4) is 17.2 Å². The number of aromatic nitrogens is 5. The number of benzene rings is 2. The first-order valence-electron chi connectivity index (χ1n) is 11.0. The van der Waals surface area contributed by atoms with Gasteiger partial charge < -0.3 is 5.32 Å². The Hall–Kier alpha value is -3.58. The highest BCUT2D eigenvalue weighted by atomic mass is 35.5. The fourth-order valence-corrected chi connectivity index (χ4v) is 5.56. The molecule has 2 bridgehead atoms. The molecule has 164 valence electrons. The summed E-state index contributed by atoms with van der Waals surface area (Å²) in [7, 11) is 0. The largest absolute Gasteiger partial charge is 0.347 e. The van der Waals surface area contributed by atoms with Gasteiger partial charge in [-0.2, -0.15) is 0 Å². The highest BCUT2D eigenvalue weighted by Gasteiger charge is 2.58. The number of carbonyl (C=O) groups is 1. The van der Waals surface area contributed by atoms with Crippen molar-refractivity contribution < 1.29 is 4.79 Å². The number of fused-ring (bicyclic) bond motifs is 1. The number of hydrogen-bond acceptors (Lipinski definition) is 5. The van der Waals surface area contributed by atoms with Gasteiger partial charge in [-0.1, -0.05) is 41.9 Å². The molecule has 7 nitrogen and oxygen atoms in total. The van der Waals surface area contributed by atoms with Gasteiger partial charge in [-0.05, 0) is 55.5 Å². The maximum Gasteiger partial charge on any atom is 0.251 e. The average molecular weight is 457 g/mol. The van der Waals surface area contributed by atoms with Gasteiger partial charge in [0.1, 0.15) is 17.8 Å². The van der Waals surface area contributed by atoms with Crippen molar-refractivity contribution in [2.45, 2.75) is 30.7 Å². The monoisotopic (exact) mass is 456 g/mol. The summed E-state index contributed by atoms with van der Waals surface area (Å²) >= 11 is 6.60. The lowest BCUT2D eigenvalue weighted by atomic mass is 9.76. The number of nitrogens with one attached hydrogen (secondary N) is 1.